The third kappa shape index (κ3) is 7.12. The van der Waals surface area contributed by atoms with E-state index in [2.05, 4.69) is 62.1 Å². The molecule has 6 unspecified atom stereocenters. The molecule has 1 aromatic carbocycles. The minimum atomic E-state index is -1.05. The Morgan fingerprint density at radius 3 is 2.33 bits per heavy atom. The number of carboxylic acids is 1. The summed E-state index contributed by atoms with van der Waals surface area (Å²) < 4.78 is 0. The Morgan fingerprint density at radius 2 is 1.62 bits per heavy atom. The average Bonchev–Trinajstić information content (AvgIpc) is 3.88. The van der Waals surface area contributed by atoms with Crippen LogP contribution in [0.4, 0.5) is 0 Å². The van der Waals surface area contributed by atoms with Gasteiger partial charge in [0.25, 0.3) is 5.91 Å². The molecule has 6 fully saturated rings. The molecule has 2 aromatic rings. The minimum absolute atomic E-state index is 0.0455. The van der Waals surface area contributed by atoms with E-state index in [1.807, 2.05) is 18.2 Å². The second kappa shape index (κ2) is 15.8. The third-order valence-corrected chi connectivity index (χ3v) is 18.8. The first-order valence-electron chi connectivity index (χ1n) is 23.3. The number of aromatic nitrogens is 1. The number of fused-ring (bicyclic) bond motifs is 7. The molecule has 1 aliphatic heterocycles. The normalized spacial score (nSPS) is 38.1. The van der Waals surface area contributed by atoms with Gasteiger partial charge in [-0.25, -0.2) is 4.79 Å². The van der Waals surface area contributed by atoms with Gasteiger partial charge in [0.15, 0.2) is 0 Å². The van der Waals surface area contributed by atoms with Crippen LogP contribution in [0, 0.1) is 56.7 Å². The predicted molar refractivity (Wildman–Crippen MR) is 232 cm³/mol. The molecule has 1 aromatic heterocycles. The van der Waals surface area contributed by atoms with Crippen LogP contribution in [-0.2, 0) is 17.8 Å². The summed E-state index contributed by atoms with van der Waals surface area (Å²) in [5, 5.41) is 39.3. The van der Waals surface area contributed by atoms with Gasteiger partial charge in [-0.05, 0) is 185 Å². The van der Waals surface area contributed by atoms with E-state index in [9.17, 15) is 19.8 Å². The maximum atomic E-state index is 15.0. The van der Waals surface area contributed by atoms with Crippen LogP contribution in [0.15, 0.2) is 42.6 Å². The van der Waals surface area contributed by atoms with Crippen molar-refractivity contribution in [3.63, 3.8) is 0 Å². The molecule has 5 N–H and O–H groups in total. The number of carbonyl (C=O) groups is 3. The van der Waals surface area contributed by atoms with Gasteiger partial charge in [0.1, 0.15) is 0 Å². The topological polar surface area (TPSA) is 152 Å². The van der Waals surface area contributed by atoms with Crippen molar-refractivity contribution in [2.45, 2.75) is 143 Å². The number of aliphatic hydroxyl groups is 2. The standard InChI is InChI=1S/C50H72N4O6/c1-45(2)38-17-21-48(5)39(46(38,3)20-18-40(45)55)15-14-36-41-37(49(6,60)31-54-26-7-8-27-54)16-22-50(41,24-23-47(36,48)4)44(59)51-25-19-32-10-9-11-33(28-32)42(56)53-30-35-13-12-34(29-52-35)43(57)58/h9-13,28-29,36-41,55,60H,7-8,14-27,30-31H2,1-6H3,(H,51,59)(H,53,56)(H,57,58)/t36?,37?,38?,39?,40-,41?,46-,47+,48+,49+,50?/m0/s1. The van der Waals surface area contributed by atoms with Crippen molar-refractivity contribution in [2.24, 2.45) is 56.7 Å². The summed E-state index contributed by atoms with van der Waals surface area (Å²) in [5.74, 6) is 0.421. The first-order valence-corrected chi connectivity index (χ1v) is 23.3. The van der Waals surface area contributed by atoms with Crippen LogP contribution in [-0.4, -0.2) is 80.9 Å². The maximum absolute atomic E-state index is 15.0. The number of aromatic carboxylic acids is 1. The molecule has 5 aliphatic carbocycles. The van der Waals surface area contributed by atoms with Crippen LogP contribution in [0.1, 0.15) is 151 Å². The number of amides is 2. The monoisotopic (exact) mass is 825 g/mol. The molecule has 2 heterocycles. The predicted octanol–water partition coefficient (Wildman–Crippen LogP) is 7.66. The zero-order chi connectivity index (χ0) is 42.9. The van der Waals surface area contributed by atoms with Crippen molar-refractivity contribution < 1.29 is 29.7 Å². The summed E-state index contributed by atoms with van der Waals surface area (Å²) in [6, 6.07) is 10.6. The van der Waals surface area contributed by atoms with Crippen LogP contribution in [0.3, 0.4) is 0 Å². The Morgan fingerprint density at radius 1 is 0.850 bits per heavy atom. The molecule has 0 bridgehead atoms. The Balaban J connectivity index is 1.00. The number of benzene rings is 1. The van der Waals surface area contributed by atoms with Crippen molar-refractivity contribution in [3.8, 4) is 0 Å². The van der Waals surface area contributed by atoms with Crippen molar-refractivity contribution in [3.05, 3.63) is 65.0 Å². The van der Waals surface area contributed by atoms with E-state index < -0.39 is 17.0 Å². The number of likely N-dealkylation sites (tertiary alicyclic amines) is 1. The van der Waals surface area contributed by atoms with Gasteiger partial charge >= 0.3 is 5.97 Å². The Bertz CT molecular complexity index is 1940. The fourth-order valence-electron chi connectivity index (χ4n) is 15.5. The highest BCUT2D eigenvalue weighted by Gasteiger charge is 2.72. The smallest absolute Gasteiger partial charge is 0.337 e. The van der Waals surface area contributed by atoms with Gasteiger partial charge in [0.05, 0.1) is 34.9 Å². The Hall–Kier alpha value is -3.34. The number of aliphatic hydroxyl groups excluding tert-OH is 1. The third-order valence-electron chi connectivity index (χ3n) is 18.8. The van der Waals surface area contributed by atoms with E-state index in [1.54, 1.807) is 12.1 Å². The molecule has 10 nitrogen and oxygen atoms in total. The molecule has 0 spiro atoms. The summed E-state index contributed by atoms with van der Waals surface area (Å²) in [4.78, 5) is 45.9. The highest BCUT2D eigenvalue weighted by atomic mass is 16.4. The number of carbonyl (C=O) groups excluding carboxylic acids is 2. The number of hydrogen-bond donors (Lipinski definition) is 5. The molecule has 11 atom stereocenters. The van der Waals surface area contributed by atoms with Crippen molar-refractivity contribution >= 4 is 17.8 Å². The molecule has 10 heteroatoms. The van der Waals surface area contributed by atoms with E-state index in [1.165, 1.54) is 25.1 Å². The minimum Gasteiger partial charge on any atom is -0.478 e. The highest BCUT2D eigenvalue weighted by molar-refractivity contribution is 5.94. The number of nitrogens with zero attached hydrogens (tertiary/aromatic N) is 2. The van der Waals surface area contributed by atoms with Crippen molar-refractivity contribution in [1.29, 1.82) is 0 Å². The molecule has 0 radical (unpaired) electrons. The molecule has 1 saturated heterocycles. The van der Waals surface area contributed by atoms with Crippen LogP contribution in [0.5, 0.6) is 0 Å². The van der Waals surface area contributed by atoms with Crippen LogP contribution >= 0.6 is 0 Å². The summed E-state index contributed by atoms with van der Waals surface area (Å²) in [6.45, 7) is 17.9. The first kappa shape index (κ1) is 43.3. The lowest BCUT2D eigenvalue weighted by molar-refractivity contribution is -0.251. The van der Waals surface area contributed by atoms with Gasteiger partial charge in [-0.1, -0.05) is 46.8 Å². The second-order valence-electron chi connectivity index (χ2n) is 21.9. The number of β-amino-alcohol motifs (C(OH)–C–C–N with tert-alkyl or cyclic N) is 1. The zero-order valence-electron chi connectivity index (χ0n) is 37.2. The van der Waals surface area contributed by atoms with Gasteiger partial charge in [-0.2, -0.15) is 0 Å². The van der Waals surface area contributed by atoms with E-state index >= 15 is 4.79 Å². The Labute approximate surface area is 358 Å². The largest absolute Gasteiger partial charge is 0.478 e. The van der Waals surface area contributed by atoms with E-state index in [4.69, 9.17) is 5.11 Å². The first-order chi connectivity index (χ1) is 28.4. The lowest BCUT2D eigenvalue weighted by Gasteiger charge is -2.73. The number of rotatable bonds is 11. The quantitative estimate of drug-likeness (QED) is 0.155. The summed E-state index contributed by atoms with van der Waals surface area (Å²) in [6.07, 6.45) is 14.1. The summed E-state index contributed by atoms with van der Waals surface area (Å²) in [5.41, 5.74) is 0.977. The molecule has 328 valence electrons. The lowest BCUT2D eigenvalue weighted by atomic mass is 9.32. The van der Waals surface area contributed by atoms with Gasteiger partial charge < -0.3 is 30.9 Å². The van der Waals surface area contributed by atoms with Gasteiger partial charge in [-0.15, -0.1) is 0 Å². The zero-order valence-corrected chi connectivity index (χ0v) is 37.2. The SMILES string of the molecule is CC1(C)C2CC[C@]3(C)C(CCC4C5C([C@](C)(O)CN6CCCC6)CCC5(C(=O)NCCc5cccc(C(=O)NCc6ccc(C(=O)O)cn6)c5)CC[C@]43C)[C@@]2(C)CC[C@@H]1O. The molecule has 2 amide bonds. The number of nitrogens with one attached hydrogen (secondary N) is 2. The summed E-state index contributed by atoms with van der Waals surface area (Å²) in [7, 11) is 0. The fourth-order valence-corrected chi connectivity index (χ4v) is 15.5. The lowest BCUT2D eigenvalue weighted by Crippen LogP contribution is -2.68. The van der Waals surface area contributed by atoms with Gasteiger partial charge in [0, 0.05) is 24.8 Å². The molecule has 6 aliphatic rings. The average molecular weight is 825 g/mol. The molecule has 60 heavy (non-hydrogen) atoms. The molecular weight excluding hydrogens is 753 g/mol. The number of carboxylic acid groups (broad SMARTS) is 1. The van der Waals surface area contributed by atoms with Gasteiger partial charge in [0.2, 0.25) is 5.91 Å². The second-order valence-corrected chi connectivity index (χ2v) is 21.9. The van der Waals surface area contributed by atoms with Crippen LogP contribution in [0.25, 0.3) is 0 Å². The van der Waals surface area contributed by atoms with Crippen LogP contribution in [0.2, 0.25) is 0 Å². The molecule has 8 rings (SSSR count). The van der Waals surface area contributed by atoms with Crippen molar-refractivity contribution in [1.82, 2.24) is 20.5 Å². The Kier molecular flexibility index (Phi) is 11.4. The highest BCUT2D eigenvalue weighted by Crippen LogP contribution is 2.77. The van der Waals surface area contributed by atoms with Crippen molar-refractivity contribution in [2.75, 3.05) is 26.2 Å². The van der Waals surface area contributed by atoms with Crippen LogP contribution < -0.4 is 10.6 Å². The van der Waals surface area contributed by atoms with E-state index in [0.717, 1.165) is 82.9 Å². The number of pyridine rings is 1. The summed E-state index contributed by atoms with van der Waals surface area (Å²) >= 11 is 0. The fraction of sp³-hybridized carbons (Fsp3) is 0.720. The molecular formula is C50H72N4O6. The van der Waals surface area contributed by atoms with E-state index in [0.29, 0.717) is 48.5 Å². The number of hydrogen-bond acceptors (Lipinski definition) is 7. The van der Waals surface area contributed by atoms with E-state index in [-0.39, 0.29) is 63.5 Å². The van der Waals surface area contributed by atoms with Gasteiger partial charge in [-0.3, -0.25) is 14.6 Å². The maximum Gasteiger partial charge on any atom is 0.337 e. The molecule has 5 saturated carbocycles.